The number of para-hydroxylation sites is 1. The number of hydrogen-bond acceptors (Lipinski definition) is 2. The van der Waals surface area contributed by atoms with Crippen LogP contribution in [0.15, 0.2) is 54.6 Å². The van der Waals surface area contributed by atoms with E-state index in [9.17, 15) is 0 Å². The van der Waals surface area contributed by atoms with Crippen LogP contribution in [0.3, 0.4) is 0 Å². The first kappa shape index (κ1) is 15.2. The number of benzene rings is 2. The van der Waals surface area contributed by atoms with Crippen LogP contribution in [0.5, 0.6) is 0 Å². The standard InChI is InChI=1S/C19H22N2/c1-2-3-4-6-9-17-12-14-18(15-13-17)16-20-21-19-10-7-5-8-11-19/h5,7-8,10-15,20-21H,2-4,16H2,1H3. The first-order chi connectivity index (χ1) is 10.4. The summed E-state index contributed by atoms with van der Waals surface area (Å²) in [5, 5.41) is 0. The van der Waals surface area contributed by atoms with Crippen molar-refractivity contribution in [3.63, 3.8) is 0 Å². The number of hydrazine groups is 1. The lowest BCUT2D eigenvalue weighted by atomic mass is 10.1. The third-order valence-electron chi connectivity index (χ3n) is 3.14. The predicted octanol–water partition coefficient (Wildman–Crippen LogP) is 4.35. The van der Waals surface area contributed by atoms with Gasteiger partial charge in [-0.2, -0.15) is 0 Å². The quantitative estimate of drug-likeness (QED) is 0.466. The molecule has 0 aromatic heterocycles. The molecular weight excluding hydrogens is 256 g/mol. The zero-order chi connectivity index (χ0) is 14.8. The molecule has 108 valence electrons. The SMILES string of the molecule is CCCCC#Cc1ccc(CNNc2ccccc2)cc1. The van der Waals surface area contributed by atoms with Gasteiger partial charge in [-0.25, -0.2) is 5.43 Å². The van der Waals surface area contributed by atoms with Crippen LogP contribution in [0.25, 0.3) is 0 Å². The van der Waals surface area contributed by atoms with Crippen LogP contribution < -0.4 is 10.9 Å². The van der Waals surface area contributed by atoms with Crippen LogP contribution in [0, 0.1) is 11.8 Å². The minimum Gasteiger partial charge on any atom is -0.321 e. The number of nitrogens with one attached hydrogen (secondary N) is 2. The molecule has 0 atom stereocenters. The number of rotatable bonds is 6. The van der Waals surface area contributed by atoms with Gasteiger partial charge < -0.3 is 5.43 Å². The number of unbranched alkanes of at least 4 members (excludes halogenated alkanes) is 2. The fourth-order valence-electron chi connectivity index (χ4n) is 1.91. The van der Waals surface area contributed by atoms with E-state index in [0.717, 1.165) is 24.2 Å². The minimum atomic E-state index is 0.776. The molecule has 0 bridgehead atoms. The molecule has 0 saturated heterocycles. The van der Waals surface area contributed by atoms with E-state index < -0.39 is 0 Å². The van der Waals surface area contributed by atoms with Crippen molar-refractivity contribution in [3.05, 3.63) is 65.7 Å². The molecule has 0 saturated carbocycles. The Balaban J connectivity index is 1.78. The molecule has 2 nitrogen and oxygen atoms in total. The van der Waals surface area contributed by atoms with Crippen molar-refractivity contribution in [2.24, 2.45) is 0 Å². The fraction of sp³-hybridized carbons (Fsp3) is 0.263. The lowest BCUT2D eigenvalue weighted by molar-refractivity contribution is 0.801. The average molecular weight is 278 g/mol. The van der Waals surface area contributed by atoms with Gasteiger partial charge in [-0.15, -0.1) is 0 Å². The summed E-state index contributed by atoms with van der Waals surface area (Å²) < 4.78 is 0. The second-order valence-electron chi connectivity index (χ2n) is 4.95. The molecule has 2 N–H and O–H groups in total. The molecule has 0 amide bonds. The molecule has 0 aliphatic rings. The maximum Gasteiger partial charge on any atom is 0.0487 e. The monoisotopic (exact) mass is 278 g/mol. The Labute approximate surface area is 127 Å². The molecule has 2 aromatic rings. The summed E-state index contributed by atoms with van der Waals surface area (Å²) in [5.74, 6) is 6.41. The number of hydrogen-bond donors (Lipinski definition) is 2. The van der Waals surface area contributed by atoms with Gasteiger partial charge in [0.1, 0.15) is 0 Å². The van der Waals surface area contributed by atoms with Gasteiger partial charge in [0, 0.05) is 24.2 Å². The summed E-state index contributed by atoms with van der Waals surface area (Å²) in [7, 11) is 0. The predicted molar refractivity (Wildman–Crippen MR) is 89.7 cm³/mol. The lowest BCUT2D eigenvalue weighted by Gasteiger charge is -2.08. The largest absolute Gasteiger partial charge is 0.321 e. The van der Waals surface area contributed by atoms with Gasteiger partial charge in [0.15, 0.2) is 0 Å². The lowest BCUT2D eigenvalue weighted by Crippen LogP contribution is -2.20. The van der Waals surface area contributed by atoms with Gasteiger partial charge in [0.25, 0.3) is 0 Å². The summed E-state index contributed by atoms with van der Waals surface area (Å²) >= 11 is 0. The van der Waals surface area contributed by atoms with Gasteiger partial charge >= 0.3 is 0 Å². The highest BCUT2D eigenvalue weighted by molar-refractivity contribution is 5.41. The summed E-state index contributed by atoms with van der Waals surface area (Å²) in [6.45, 7) is 2.96. The van der Waals surface area contributed by atoms with Gasteiger partial charge in [-0.3, -0.25) is 0 Å². The van der Waals surface area contributed by atoms with Crippen molar-refractivity contribution in [1.82, 2.24) is 5.43 Å². The number of anilines is 1. The van der Waals surface area contributed by atoms with Gasteiger partial charge in [0.2, 0.25) is 0 Å². The van der Waals surface area contributed by atoms with E-state index in [4.69, 9.17) is 0 Å². The summed E-state index contributed by atoms with van der Waals surface area (Å²) in [4.78, 5) is 0. The maximum absolute atomic E-state index is 3.21. The highest BCUT2D eigenvalue weighted by atomic mass is 15.3. The van der Waals surface area contributed by atoms with Crippen LogP contribution in [-0.4, -0.2) is 0 Å². The third kappa shape index (κ3) is 5.72. The highest BCUT2D eigenvalue weighted by Crippen LogP contribution is 2.05. The van der Waals surface area contributed by atoms with E-state index >= 15 is 0 Å². The molecule has 2 aromatic carbocycles. The Morgan fingerprint density at radius 1 is 0.952 bits per heavy atom. The van der Waals surface area contributed by atoms with Gasteiger partial charge in [-0.1, -0.05) is 55.5 Å². The Kier molecular flexibility index (Phi) is 6.38. The Hall–Kier alpha value is -2.24. The van der Waals surface area contributed by atoms with E-state index in [1.54, 1.807) is 0 Å². The molecule has 0 unspecified atom stereocenters. The highest BCUT2D eigenvalue weighted by Gasteiger charge is 1.93. The molecule has 0 aliphatic heterocycles. The van der Waals surface area contributed by atoms with Gasteiger partial charge in [-0.05, 0) is 36.2 Å². The Bertz CT molecular complexity index is 576. The summed E-state index contributed by atoms with van der Waals surface area (Å²) in [6.07, 6.45) is 3.37. The van der Waals surface area contributed by atoms with Crippen molar-refractivity contribution >= 4 is 5.69 Å². The summed E-state index contributed by atoms with van der Waals surface area (Å²) in [5.41, 5.74) is 9.78. The first-order valence-electron chi connectivity index (χ1n) is 7.50. The van der Waals surface area contributed by atoms with Crippen LogP contribution in [0.1, 0.15) is 37.3 Å². The Morgan fingerprint density at radius 3 is 2.43 bits per heavy atom. The molecule has 0 heterocycles. The molecule has 0 aliphatic carbocycles. The molecule has 2 heteroatoms. The van der Waals surface area contributed by atoms with E-state index in [0.29, 0.717) is 0 Å². The van der Waals surface area contributed by atoms with Crippen molar-refractivity contribution < 1.29 is 0 Å². The fourth-order valence-corrected chi connectivity index (χ4v) is 1.91. The van der Waals surface area contributed by atoms with E-state index in [1.807, 2.05) is 30.3 Å². The van der Waals surface area contributed by atoms with E-state index in [2.05, 4.69) is 53.9 Å². The molecule has 2 rings (SSSR count). The van der Waals surface area contributed by atoms with Crippen molar-refractivity contribution in [3.8, 4) is 11.8 Å². The second kappa shape index (κ2) is 8.84. The second-order valence-corrected chi connectivity index (χ2v) is 4.95. The maximum atomic E-state index is 3.21. The zero-order valence-electron chi connectivity index (χ0n) is 12.5. The topological polar surface area (TPSA) is 24.1 Å². The van der Waals surface area contributed by atoms with Crippen LogP contribution in [0.2, 0.25) is 0 Å². The van der Waals surface area contributed by atoms with Crippen LogP contribution in [0.4, 0.5) is 5.69 Å². The van der Waals surface area contributed by atoms with E-state index in [1.165, 1.54) is 18.4 Å². The first-order valence-corrected chi connectivity index (χ1v) is 7.50. The van der Waals surface area contributed by atoms with Crippen molar-refractivity contribution in [2.75, 3.05) is 5.43 Å². The minimum absolute atomic E-state index is 0.776. The molecule has 0 fully saturated rings. The van der Waals surface area contributed by atoms with Crippen molar-refractivity contribution in [2.45, 2.75) is 32.7 Å². The smallest absolute Gasteiger partial charge is 0.0487 e. The third-order valence-corrected chi connectivity index (χ3v) is 3.14. The molecule has 0 spiro atoms. The van der Waals surface area contributed by atoms with E-state index in [-0.39, 0.29) is 0 Å². The summed E-state index contributed by atoms with van der Waals surface area (Å²) in [6, 6.07) is 18.5. The Morgan fingerprint density at radius 2 is 1.71 bits per heavy atom. The van der Waals surface area contributed by atoms with Gasteiger partial charge in [0.05, 0.1) is 0 Å². The average Bonchev–Trinajstić information content (AvgIpc) is 2.54. The normalized spacial score (nSPS) is 9.76. The van der Waals surface area contributed by atoms with Crippen LogP contribution >= 0.6 is 0 Å². The molecule has 21 heavy (non-hydrogen) atoms. The zero-order valence-corrected chi connectivity index (χ0v) is 12.5. The van der Waals surface area contributed by atoms with Crippen LogP contribution in [-0.2, 0) is 6.54 Å². The van der Waals surface area contributed by atoms with Crippen molar-refractivity contribution in [1.29, 1.82) is 0 Å². The molecular formula is C19H22N2. The molecule has 0 radical (unpaired) electrons.